The molecule has 0 amide bonds. The number of ether oxygens (including phenoxy) is 1. The van der Waals surface area contributed by atoms with Crippen molar-refractivity contribution in [2.75, 3.05) is 12.0 Å². The molecule has 2 aliphatic rings. The zero-order chi connectivity index (χ0) is 23.9. The van der Waals surface area contributed by atoms with Gasteiger partial charge in [-0.2, -0.15) is 0 Å². The van der Waals surface area contributed by atoms with E-state index in [1.54, 1.807) is 7.11 Å². The van der Waals surface area contributed by atoms with Crippen LogP contribution < -0.4 is 9.64 Å². The van der Waals surface area contributed by atoms with Crippen LogP contribution >= 0.6 is 0 Å². The quantitative estimate of drug-likeness (QED) is 0.373. The Labute approximate surface area is 205 Å². The van der Waals surface area contributed by atoms with E-state index in [4.69, 9.17) is 4.74 Å². The van der Waals surface area contributed by atoms with Gasteiger partial charge in [0, 0.05) is 23.3 Å². The molecule has 3 unspecified atom stereocenters. The van der Waals surface area contributed by atoms with E-state index in [9.17, 15) is 0 Å². The van der Waals surface area contributed by atoms with Gasteiger partial charge in [-0.25, -0.2) is 0 Å². The van der Waals surface area contributed by atoms with Crippen LogP contribution in [0.15, 0.2) is 72.8 Å². The average molecular weight is 452 g/mol. The lowest BCUT2D eigenvalue weighted by atomic mass is 9.72. The van der Waals surface area contributed by atoms with Gasteiger partial charge in [-0.1, -0.05) is 69.7 Å². The molecule has 0 aromatic heterocycles. The van der Waals surface area contributed by atoms with E-state index in [0.29, 0.717) is 17.9 Å². The van der Waals surface area contributed by atoms with Crippen LogP contribution in [0.25, 0.3) is 6.08 Å². The maximum Gasteiger partial charge on any atom is 0.119 e. The Bertz CT molecular complexity index is 1190. The Morgan fingerprint density at radius 1 is 1.00 bits per heavy atom. The smallest absolute Gasteiger partial charge is 0.119 e. The van der Waals surface area contributed by atoms with E-state index in [-0.39, 0.29) is 5.41 Å². The highest BCUT2D eigenvalue weighted by molar-refractivity contribution is 5.75. The number of methoxy groups -OCH3 is 1. The van der Waals surface area contributed by atoms with Gasteiger partial charge in [0.05, 0.1) is 7.11 Å². The van der Waals surface area contributed by atoms with Gasteiger partial charge in [0.2, 0.25) is 0 Å². The molecule has 1 heterocycles. The minimum absolute atomic E-state index is 0.0836. The molecular weight excluding hydrogens is 414 g/mol. The summed E-state index contributed by atoms with van der Waals surface area (Å²) in [7, 11) is 1.73. The van der Waals surface area contributed by atoms with Crippen molar-refractivity contribution in [1.82, 2.24) is 0 Å². The third-order valence-corrected chi connectivity index (χ3v) is 8.43. The lowest BCUT2D eigenvalue weighted by molar-refractivity contribution is 0.408. The minimum atomic E-state index is 0.0836. The Morgan fingerprint density at radius 2 is 1.76 bits per heavy atom. The highest BCUT2D eigenvalue weighted by Gasteiger charge is 2.42. The molecule has 1 fully saturated rings. The van der Waals surface area contributed by atoms with Crippen molar-refractivity contribution in [2.45, 2.75) is 64.3 Å². The van der Waals surface area contributed by atoms with Crippen LogP contribution in [0.2, 0.25) is 0 Å². The lowest BCUT2D eigenvalue weighted by Crippen LogP contribution is -2.26. The fraction of sp³-hybridized carbons (Fsp3) is 0.375. The van der Waals surface area contributed by atoms with E-state index in [1.807, 2.05) is 0 Å². The molecule has 1 aliphatic heterocycles. The van der Waals surface area contributed by atoms with Gasteiger partial charge in [-0.05, 0) is 89.8 Å². The fourth-order valence-electron chi connectivity index (χ4n) is 6.09. The highest BCUT2D eigenvalue weighted by atomic mass is 16.5. The summed E-state index contributed by atoms with van der Waals surface area (Å²) in [5, 5.41) is 0. The first-order valence-corrected chi connectivity index (χ1v) is 12.7. The molecule has 176 valence electrons. The third-order valence-electron chi connectivity index (χ3n) is 8.43. The molecule has 3 atom stereocenters. The van der Waals surface area contributed by atoms with E-state index in [2.05, 4.69) is 111 Å². The van der Waals surface area contributed by atoms with E-state index in [0.717, 1.165) is 5.75 Å². The number of fused-ring (bicyclic) bond motifs is 3. The largest absolute Gasteiger partial charge is 0.497 e. The number of benzene rings is 3. The Balaban J connectivity index is 1.42. The molecule has 0 N–H and O–H groups in total. The lowest BCUT2D eigenvalue weighted by Gasteiger charge is -2.32. The van der Waals surface area contributed by atoms with Gasteiger partial charge in [0.1, 0.15) is 5.75 Å². The van der Waals surface area contributed by atoms with Gasteiger partial charge in [-0.15, -0.1) is 0 Å². The molecule has 5 rings (SSSR count). The van der Waals surface area contributed by atoms with E-state index >= 15 is 0 Å². The SMILES string of the molecule is COc1ccc(N2c3ccc(/C=C/C(C)C(C)(C)c4ccccc4C)cc3C3CCCC32)cc1. The predicted molar refractivity (Wildman–Crippen MR) is 144 cm³/mol. The fourth-order valence-corrected chi connectivity index (χ4v) is 6.09. The molecule has 2 nitrogen and oxygen atoms in total. The van der Waals surface area contributed by atoms with Crippen molar-refractivity contribution in [1.29, 1.82) is 0 Å². The monoisotopic (exact) mass is 451 g/mol. The Kier molecular flexibility index (Phi) is 6.02. The predicted octanol–water partition coefficient (Wildman–Crippen LogP) is 8.42. The number of allylic oxidation sites excluding steroid dienone is 1. The molecule has 1 saturated carbocycles. The van der Waals surface area contributed by atoms with Crippen LogP contribution in [0.4, 0.5) is 11.4 Å². The number of hydrogen-bond acceptors (Lipinski definition) is 2. The number of nitrogens with zero attached hydrogens (tertiary/aromatic N) is 1. The van der Waals surface area contributed by atoms with E-state index in [1.165, 1.54) is 52.9 Å². The van der Waals surface area contributed by atoms with Crippen molar-refractivity contribution in [3.05, 3.63) is 95.1 Å². The summed E-state index contributed by atoms with van der Waals surface area (Å²) in [6, 6.07) is 25.0. The first kappa shape index (κ1) is 22.8. The van der Waals surface area contributed by atoms with Crippen molar-refractivity contribution >= 4 is 17.5 Å². The number of rotatable bonds is 6. The van der Waals surface area contributed by atoms with Gasteiger partial charge < -0.3 is 9.64 Å². The highest BCUT2D eigenvalue weighted by Crippen LogP contribution is 2.52. The van der Waals surface area contributed by atoms with Gasteiger partial charge in [-0.3, -0.25) is 0 Å². The van der Waals surface area contributed by atoms with Crippen molar-refractivity contribution < 1.29 is 4.74 Å². The standard InChI is InChI=1S/C32H37NO/c1-22-9-6-7-11-29(22)32(3,4)23(2)13-14-24-15-20-31-28(21-24)27-10-8-12-30(27)33(31)25-16-18-26(34-5)19-17-25/h6-7,9,11,13-21,23,27,30H,8,10,12H2,1-5H3/b14-13+. The molecular formula is C32H37NO. The maximum absolute atomic E-state index is 5.38. The molecule has 1 aliphatic carbocycles. The van der Waals surface area contributed by atoms with Crippen molar-refractivity contribution in [2.24, 2.45) is 5.92 Å². The van der Waals surface area contributed by atoms with Crippen molar-refractivity contribution in [3.8, 4) is 5.75 Å². The molecule has 34 heavy (non-hydrogen) atoms. The third kappa shape index (κ3) is 3.94. The van der Waals surface area contributed by atoms with Gasteiger partial charge >= 0.3 is 0 Å². The maximum atomic E-state index is 5.38. The molecule has 0 radical (unpaired) electrons. The average Bonchev–Trinajstić information content (AvgIpc) is 3.43. The molecule has 0 bridgehead atoms. The van der Waals surface area contributed by atoms with Crippen LogP contribution in [0.3, 0.4) is 0 Å². The second kappa shape index (κ2) is 8.98. The Morgan fingerprint density at radius 3 is 2.50 bits per heavy atom. The second-order valence-corrected chi connectivity index (χ2v) is 10.7. The van der Waals surface area contributed by atoms with Gasteiger partial charge in [0.15, 0.2) is 0 Å². The minimum Gasteiger partial charge on any atom is -0.497 e. The summed E-state index contributed by atoms with van der Waals surface area (Å²) < 4.78 is 5.38. The summed E-state index contributed by atoms with van der Waals surface area (Å²) in [5.41, 5.74) is 8.37. The first-order chi connectivity index (χ1) is 16.4. The van der Waals surface area contributed by atoms with Crippen molar-refractivity contribution in [3.63, 3.8) is 0 Å². The zero-order valence-electron chi connectivity index (χ0n) is 21.2. The van der Waals surface area contributed by atoms with Crippen LogP contribution in [0, 0.1) is 12.8 Å². The topological polar surface area (TPSA) is 12.5 Å². The molecule has 3 aromatic carbocycles. The summed E-state index contributed by atoms with van der Waals surface area (Å²) in [5.74, 6) is 1.97. The van der Waals surface area contributed by atoms with Crippen LogP contribution in [-0.4, -0.2) is 13.2 Å². The Hall–Kier alpha value is -3.00. The summed E-state index contributed by atoms with van der Waals surface area (Å²) in [6.45, 7) is 9.29. The summed E-state index contributed by atoms with van der Waals surface area (Å²) in [6.07, 6.45) is 8.59. The number of aryl methyl sites for hydroxylation is 1. The first-order valence-electron chi connectivity index (χ1n) is 12.7. The molecule has 0 spiro atoms. The van der Waals surface area contributed by atoms with E-state index < -0.39 is 0 Å². The van der Waals surface area contributed by atoms with Crippen LogP contribution in [0.1, 0.15) is 68.2 Å². The van der Waals surface area contributed by atoms with Crippen LogP contribution in [-0.2, 0) is 5.41 Å². The number of anilines is 2. The van der Waals surface area contributed by atoms with Gasteiger partial charge in [0.25, 0.3) is 0 Å². The summed E-state index contributed by atoms with van der Waals surface area (Å²) in [4.78, 5) is 2.57. The second-order valence-electron chi connectivity index (χ2n) is 10.7. The molecule has 0 saturated heterocycles. The number of hydrogen-bond donors (Lipinski definition) is 0. The van der Waals surface area contributed by atoms with Crippen LogP contribution in [0.5, 0.6) is 5.75 Å². The molecule has 3 aromatic rings. The molecule has 2 heteroatoms. The normalized spacial score (nSPS) is 20.4. The zero-order valence-corrected chi connectivity index (χ0v) is 21.2. The summed E-state index contributed by atoms with van der Waals surface area (Å²) >= 11 is 0.